The van der Waals surface area contributed by atoms with Gasteiger partial charge in [-0.15, -0.1) is 0 Å². The van der Waals surface area contributed by atoms with Gasteiger partial charge in [0.05, 0.1) is 17.3 Å². The molecule has 3 rings (SSSR count). The van der Waals surface area contributed by atoms with Gasteiger partial charge in [0, 0.05) is 24.4 Å². The predicted molar refractivity (Wildman–Crippen MR) is 115 cm³/mol. The number of rotatable bonds is 7. The summed E-state index contributed by atoms with van der Waals surface area (Å²) < 4.78 is 5.17. The van der Waals surface area contributed by atoms with Crippen molar-refractivity contribution in [3.8, 4) is 0 Å². The second kappa shape index (κ2) is 9.40. The molecule has 0 saturated carbocycles. The quantitative estimate of drug-likeness (QED) is 0.523. The Morgan fingerprint density at radius 1 is 1.04 bits per heavy atom. The number of anilines is 2. The molecule has 1 unspecified atom stereocenters. The fraction of sp³-hybridized carbons (Fsp3) is 0.174. The number of amides is 1. The van der Waals surface area contributed by atoms with E-state index in [1.165, 1.54) is 5.56 Å². The number of halogens is 1. The number of nitrogens with one attached hydrogen (secondary N) is 2. The van der Waals surface area contributed by atoms with Crippen LogP contribution in [-0.2, 0) is 11.3 Å². The average molecular weight is 395 g/mol. The summed E-state index contributed by atoms with van der Waals surface area (Å²) in [5, 5.41) is 6.85. The summed E-state index contributed by atoms with van der Waals surface area (Å²) in [5.41, 5.74) is 4.05. The number of hydrogen-bond acceptors (Lipinski definition) is 3. The van der Waals surface area contributed by atoms with Crippen molar-refractivity contribution in [2.24, 2.45) is 0 Å². The van der Waals surface area contributed by atoms with Crippen LogP contribution in [0.5, 0.6) is 0 Å². The van der Waals surface area contributed by atoms with Crippen molar-refractivity contribution in [3.05, 3.63) is 94.5 Å². The molecular formula is C23H23ClN2O2. The van der Waals surface area contributed by atoms with Gasteiger partial charge in [0.1, 0.15) is 0 Å². The lowest BCUT2D eigenvalue weighted by Gasteiger charge is -2.17. The van der Waals surface area contributed by atoms with E-state index >= 15 is 0 Å². The van der Waals surface area contributed by atoms with Gasteiger partial charge in [-0.05, 0) is 42.3 Å². The molecule has 1 amide bonds. The van der Waals surface area contributed by atoms with E-state index in [0.29, 0.717) is 22.9 Å². The van der Waals surface area contributed by atoms with Crippen molar-refractivity contribution in [3.63, 3.8) is 0 Å². The van der Waals surface area contributed by atoms with Crippen LogP contribution in [0.4, 0.5) is 11.4 Å². The fourth-order valence-corrected chi connectivity index (χ4v) is 3.22. The topological polar surface area (TPSA) is 50.4 Å². The van der Waals surface area contributed by atoms with Crippen LogP contribution in [0.3, 0.4) is 0 Å². The van der Waals surface area contributed by atoms with Gasteiger partial charge in [-0.1, -0.05) is 60.1 Å². The van der Waals surface area contributed by atoms with Crippen molar-refractivity contribution in [2.75, 3.05) is 17.7 Å². The lowest BCUT2D eigenvalue weighted by atomic mass is 10.1. The Labute approximate surface area is 170 Å². The minimum absolute atomic E-state index is 0.111. The Kier molecular flexibility index (Phi) is 6.69. The molecule has 2 N–H and O–H groups in total. The monoisotopic (exact) mass is 394 g/mol. The van der Waals surface area contributed by atoms with Gasteiger partial charge >= 0.3 is 0 Å². The fourth-order valence-electron chi connectivity index (χ4n) is 2.99. The lowest BCUT2D eigenvalue weighted by molar-refractivity contribution is 0.102. The lowest BCUT2D eigenvalue weighted by Crippen LogP contribution is -2.14. The van der Waals surface area contributed by atoms with E-state index in [1.54, 1.807) is 19.2 Å². The maximum Gasteiger partial charge on any atom is 0.256 e. The van der Waals surface area contributed by atoms with Crippen LogP contribution in [0.25, 0.3) is 0 Å². The number of methoxy groups -OCH3 is 1. The van der Waals surface area contributed by atoms with Crippen LogP contribution >= 0.6 is 11.6 Å². The molecule has 28 heavy (non-hydrogen) atoms. The summed E-state index contributed by atoms with van der Waals surface area (Å²) in [4.78, 5) is 12.6. The van der Waals surface area contributed by atoms with Crippen LogP contribution in [0.1, 0.15) is 34.5 Å². The molecule has 4 nitrogen and oxygen atoms in total. The first kappa shape index (κ1) is 19.9. The number of benzene rings is 3. The largest absolute Gasteiger partial charge is 0.380 e. The Bertz CT molecular complexity index is 944. The molecule has 0 radical (unpaired) electrons. The van der Waals surface area contributed by atoms with E-state index in [9.17, 15) is 4.79 Å². The number of carbonyl (C=O) groups is 1. The van der Waals surface area contributed by atoms with E-state index in [4.69, 9.17) is 16.3 Å². The highest BCUT2D eigenvalue weighted by Gasteiger charge is 2.13. The first-order valence-electron chi connectivity index (χ1n) is 9.07. The number of carbonyl (C=O) groups excluding carboxylic acids is 1. The highest BCUT2D eigenvalue weighted by molar-refractivity contribution is 6.33. The van der Waals surface area contributed by atoms with E-state index in [1.807, 2.05) is 48.5 Å². The molecule has 1 atom stereocenters. The van der Waals surface area contributed by atoms with Crippen molar-refractivity contribution < 1.29 is 9.53 Å². The first-order chi connectivity index (χ1) is 13.6. The van der Waals surface area contributed by atoms with Crippen LogP contribution < -0.4 is 10.6 Å². The molecule has 0 bridgehead atoms. The van der Waals surface area contributed by atoms with Crippen LogP contribution in [0.2, 0.25) is 5.02 Å². The summed E-state index contributed by atoms with van der Waals surface area (Å²) in [6.45, 7) is 2.46. The van der Waals surface area contributed by atoms with Gasteiger partial charge in [0.2, 0.25) is 0 Å². The van der Waals surface area contributed by atoms with Gasteiger partial charge in [0.15, 0.2) is 0 Å². The summed E-state index contributed by atoms with van der Waals surface area (Å²) in [5.74, 6) is -0.193. The summed E-state index contributed by atoms with van der Waals surface area (Å²) in [6.07, 6.45) is 0. The first-order valence-corrected chi connectivity index (χ1v) is 9.45. The van der Waals surface area contributed by atoms with Crippen molar-refractivity contribution in [1.82, 2.24) is 0 Å². The SMILES string of the molecule is COCc1ccccc1C(=O)Nc1ccc(NC(C)c2ccccc2)c(Cl)c1. The molecule has 0 aromatic heterocycles. The minimum Gasteiger partial charge on any atom is -0.380 e. The minimum atomic E-state index is -0.193. The molecule has 0 aliphatic carbocycles. The predicted octanol–water partition coefficient (Wildman–Crippen LogP) is 5.91. The second-order valence-electron chi connectivity index (χ2n) is 6.52. The molecule has 3 aromatic rings. The Morgan fingerprint density at radius 2 is 1.75 bits per heavy atom. The molecule has 144 valence electrons. The van der Waals surface area contributed by atoms with Crippen molar-refractivity contribution in [1.29, 1.82) is 0 Å². The smallest absolute Gasteiger partial charge is 0.256 e. The summed E-state index contributed by atoms with van der Waals surface area (Å²) >= 11 is 6.44. The maximum atomic E-state index is 12.6. The van der Waals surface area contributed by atoms with Gasteiger partial charge in [-0.2, -0.15) is 0 Å². The molecule has 0 saturated heterocycles. The van der Waals surface area contributed by atoms with Crippen LogP contribution in [0.15, 0.2) is 72.8 Å². The Hall–Kier alpha value is -2.82. The third-order valence-corrected chi connectivity index (χ3v) is 4.77. The molecule has 0 aliphatic rings. The van der Waals surface area contributed by atoms with Gasteiger partial charge in [-0.25, -0.2) is 0 Å². The van der Waals surface area contributed by atoms with Gasteiger partial charge < -0.3 is 15.4 Å². The third kappa shape index (κ3) is 4.91. The van der Waals surface area contributed by atoms with Crippen LogP contribution in [0, 0.1) is 0 Å². The average Bonchev–Trinajstić information content (AvgIpc) is 2.71. The zero-order chi connectivity index (χ0) is 19.9. The number of hydrogen-bond donors (Lipinski definition) is 2. The second-order valence-corrected chi connectivity index (χ2v) is 6.92. The molecule has 0 fully saturated rings. The van der Waals surface area contributed by atoms with Crippen LogP contribution in [-0.4, -0.2) is 13.0 Å². The standard InChI is InChI=1S/C23H23ClN2O2/c1-16(17-8-4-3-5-9-17)25-22-13-12-19(14-21(22)24)26-23(27)20-11-7-6-10-18(20)15-28-2/h3-14,16,25H,15H2,1-2H3,(H,26,27). The summed E-state index contributed by atoms with van der Waals surface area (Å²) in [6, 6.07) is 23.1. The van der Waals surface area contributed by atoms with Gasteiger partial charge in [-0.3, -0.25) is 4.79 Å². The van der Waals surface area contributed by atoms with E-state index in [0.717, 1.165) is 11.3 Å². The highest BCUT2D eigenvalue weighted by atomic mass is 35.5. The molecule has 0 heterocycles. The van der Waals surface area contributed by atoms with E-state index in [2.05, 4.69) is 29.7 Å². The normalized spacial score (nSPS) is 11.7. The van der Waals surface area contributed by atoms with Crippen molar-refractivity contribution in [2.45, 2.75) is 19.6 Å². The zero-order valence-corrected chi connectivity index (χ0v) is 16.7. The molecule has 0 spiro atoms. The zero-order valence-electron chi connectivity index (χ0n) is 15.9. The summed E-state index contributed by atoms with van der Waals surface area (Å²) in [7, 11) is 1.61. The van der Waals surface area contributed by atoms with E-state index < -0.39 is 0 Å². The molecule has 5 heteroatoms. The van der Waals surface area contributed by atoms with Gasteiger partial charge in [0.25, 0.3) is 5.91 Å². The number of ether oxygens (including phenoxy) is 1. The molecule has 3 aromatic carbocycles. The Morgan fingerprint density at radius 3 is 2.46 bits per heavy atom. The highest BCUT2D eigenvalue weighted by Crippen LogP contribution is 2.29. The molecule has 0 aliphatic heterocycles. The maximum absolute atomic E-state index is 12.6. The van der Waals surface area contributed by atoms with Crippen molar-refractivity contribution >= 4 is 28.9 Å². The van der Waals surface area contributed by atoms with E-state index in [-0.39, 0.29) is 11.9 Å². The molecular weight excluding hydrogens is 372 g/mol. The third-order valence-electron chi connectivity index (χ3n) is 4.46. The Balaban J connectivity index is 1.71.